The lowest BCUT2D eigenvalue weighted by Gasteiger charge is -2.04. The fourth-order valence-electron chi connectivity index (χ4n) is 1.85. The first-order valence-electron chi connectivity index (χ1n) is 6.34. The summed E-state index contributed by atoms with van der Waals surface area (Å²) < 4.78 is 2.02. The summed E-state index contributed by atoms with van der Waals surface area (Å²) in [6, 6.07) is 6.48. The summed E-state index contributed by atoms with van der Waals surface area (Å²) >= 11 is 1.69. The molecule has 4 nitrogen and oxygen atoms in total. The largest absolute Gasteiger partial charge is 0.310 e. The number of fused-ring (bicyclic) bond motifs is 1. The van der Waals surface area contributed by atoms with Gasteiger partial charge < -0.3 is 9.72 Å². The second kappa shape index (κ2) is 5.11. The third kappa shape index (κ3) is 2.67. The average molecular weight is 272 g/mol. The highest BCUT2D eigenvalue weighted by Crippen LogP contribution is 2.24. The van der Waals surface area contributed by atoms with Crippen LogP contribution < -0.4 is 5.32 Å². The van der Waals surface area contributed by atoms with Gasteiger partial charge in [0, 0.05) is 36.1 Å². The van der Waals surface area contributed by atoms with Crippen LogP contribution in [0.15, 0.2) is 36.8 Å². The molecule has 0 aliphatic heterocycles. The molecule has 0 amide bonds. The summed E-state index contributed by atoms with van der Waals surface area (Å²) in [6.07, 6.45) is 5.95. The molecule has 0 atom stereocenters. The van der Waals surface area contributed by atoms with Gasteiger partial charge in [0.1, 0.15) is 16.3 Å². The van der Waals surface area contributed by atoms with E-state index in [0.717, 1.165) is 22.9 Å². The number of pyridine rings is 1. The Labute approximate surface area is 116 Å². The van der Waals surface area contributed by atoms with Gasteiger partial charge in [-0.15, -0.1) is 11.3 Å². The van der Waals surface area contributed by atoms with E-state index in [1.54, 1.807) is 11.3 Å². The molecule has 3 heterocycles. The van der Waals surface area contributed by atoms with E-state index in [9.17, 15) is 0 Å². The molecule has 0 unspecified atom stereocenters. The number of rotatable bonds is 4. The Hall–Kier alpha value is -1.72. The highest BCUT2D eigenvalue weighted by molar-refractivity contribution is 7.14. The normalized spacial score (nSPS) is 11.5. The second-order valence-corrected chi connectivity index (χ2v) is 5.87. The Morgan fingerprint density at radius 1 is 1.37 bits per heavy atom. The minimum atomic E-state index is 0.487. The Kier molecular flexibility index (Phi) is 3.31. The summed E-state index contributed by atoms with van der Waals surface area (Å²) in [7, 11) is 0. The van der Waals surface area contributed by atoms with Crippen LogP contribution in [0.1, 0.15) is 18.7 Å². The Balaban J connectivity index is 1.85. The molecule has 0 aliphatic carbocycles. The standard InChI is InChI=1S/C14H16N4S/c1-10(2)15-7-11-8-16-14(19-11)12-9-18-6-4-3-5-13(18)17-12/h3-6,8-10,15H,7H2,1-2H3. The number of hydrogen-bond acceptors (Lipinski definition) is 4. The van der Waals surface area contributed by atoms with E-state index < -0.39 is 0 Å². The highest BCUT2D eigenvalue weighted by atomic mass is 32.1. The van der Waals surface area contributed by atoms with Gasteiger partial charge in [0.2, 0.25) is 0 Å². The highest BCUT2D eigenvalue weighted by Gasteiger charge is 2.09. The molecule has 0 saturated carbocycles. The molecule has 0 radical (unpaired) electrons. The molecule has 98 valence electrons. The predicted octanol–water partition coefficient (Wildman–Crippen LogP) is 2.96. The number of nitrogens with one attached hydrogen (secondary N) is 1. The molecule has 0 bridgehead atoms. The lowest BCUT2D eigenvalue weighted by molar-refractivity contribution is 0.593. The lowest BCUT2D eigenvalue weighted by atomic mass is 10.4. The average Bonchev–Trinajstić information content (AvgIpc) is 3.02. The number of nitrogens with zero attached hydrogens (tertiary/aromatic N) is 3. The van der Waals surface area contributed by atoms with Gasteiger partial charge in [0.15, 0.2) is 0 Å². The topological polar surface area (TPSA) is 42.2 Å². The molecule has 3 aromatic rings. The molecule has 0 fully saturated rings. The van der Waals surface area contributed by atoms with Crippen LogP contribution in [0, 0.1) is 0 Å². The zero-order valence-corrected chi connectivity index (χ0v) is 11.8. The first-order chi connectivity index (χ1) is 9.22. The van der Waals surface area contributed by atoms with Crippen LogP contribution in [-0.2, 0) is 6.54 Å². The molecular weight excluding hydrogens is 256 g/mol. The molecule has 19 heavy (non-hydrogen) atoms. The third-order valence-electron chi connectivity index (χ3n) is 2.82. The van der Waals surface area contributed by atoms with E-state index in [2.05, 4.69) is 29.1 Å². The van der Waals surface area contributed by atoms with Crippen LogP contribution >= 0.6 is 11.3 Å². The van der Waals surface area contributed by atoms with Gasteiger partial charge in [0.25, 0.3) is 0 Å². The number of aromatic nitrogens is 3. The first kappa shape index (κ1) is 12.3. The second-order valence-electron chi connectivity index (χ2n) is 4.76. The van der Waals surface area contributed by atoms with Crippen LogP contribution in [-0.4, -0.2) is 20.4 Å². The monoisotopic (exact) mass is 272 g/mol. The summed E-state index contributed by atoms with van der Waals surface area (Å²) in [5.41, 5.74) is 1.89. The van der Waals surface area contributed by atoms with Crippen molar-refractivity contribution in [2.75, 3.05) is 0 Å². The van der Waals surface area contributed by atoms with E-state index in [-0.39, 0.29) is 0 Å². The fourth-order valence-corrected chi connectivity index (χ4v) is 2.67. The summed E-state index contributed by atoms with van der Waals surface area (Å²) in [5.74, 6) is 0. The summed E-state index contributed by atoms with van der Waals surface area (Å²) in [6.45, 7) is 5.15. The van der Waals surface area contributed by atoms with Crippen molar-refractivity contribution in [3.05, 3.63) is 41.7 Å². The van der Waals surface area contributed by atoms with Gasteiger partial charge >= 0.3 is 0 Å². The molecular formula is C14H16N4S. The Morgan fingerprint density at radius 3 is 3.05 bits per heavy atom. The van der Waals surface area contributed by atoms with E-state index in [0.29, 0.717) is 6.04 Å². The van der Waals surface area contributed by atoms with Crippen LogP contribution in [0.4, 0.5) is 0 Å². The molecule has 0 aromatic carbocycles. The predicted molar refractivity (Wildman–Crippen MR) is 78.3 cm³/mol. The van der Waals surface area contributed by atoms with Crippen LogP contribution in [0.25, 0.3) is 16.3 Å². The summed E-state index contributed by atoms with van der Waals surface area (Å²) in [4.78, 5) is 10.3. The maximum Gasteiger partial charge on any atom is 0.143 e. The van der Waals surface area contributed by atoms with Crippen LogP contribution in [0.2, 0.25) is 0 Å². The van der Waals surface area contributed by atoms with Gasteiger partial charge in [-0.25, -0.2) is 9.97 Å². The maximum atomic E-state index is 4.58. The minimum absolute atomic E-state index is 0.487. The maximum absolute atomic E-state index is 4.58. The van der Waals surface area contributed by atoms with Crippen molar-refractivity contribution < 1.29 is 0 Å². The Morgan fingerprint density at radius 2 is 2.26 bits per heavy atom. The zero-order valence-electron chi connectivity index (χ0n) is 11.0. The zero-order chi connectivity index (χ0) is 13.2. The van der Waals surface area contributed by atoms with Gasteiger partial charge in [-0.05, 0) is 12.1 Å². The van der Waals surface area contributed by atoms with Crippen molar-refractivity contribution in [2.45, 2.75) is 26.4 Å². The molecule has 1 N–H and O–H groups in total. The van der Waals surface area contributed by atoms with Gasteiger partial charge in [-0.3, -0.25) is 0 Å². The number of hydrogen-bond donors (Lipinski definition) is 1. The smallest absolute Gasteiger partial charge is 0.143 e. The van der Waals surface area contributed by atoms with Crippen molar-refractivity contribution in [3.63, 3.8) is 0 Å². The fraction of sp³-hybridized carbons (Fsp3) is 0.286. The molecule has 0 spiro atoms. The molecule has 5 heteroatoms. The quantitative estimate of drug-likeness (QED) is 0.794. The van der Waals surface area contributed by atoms with Crippen LogP contribution in [0.3, 0.4) is 0 Å². The van der Waals surface area contributed by atoms with E-state index >= 15 is 0 Å². The van der Waals surface area contributed by atoms with Gasteiger partial charge in [-0.1, -0.05) is 19.9 Å². The number of imidazole rings is 1. The molecule has 0 saturated heterocycles. The third-order valence-corrected chi connectivity index (χ3v) is 3.84. The Bertz CT molecular complexity index is 650. The van der Waals surface area contributed by atoms with Crippen molar-refractivity contribution in [3.8, 4) is 10.7 Å². The first-order valence-corrected chi connectivity index (χ1v) is 7.16. The van der Waals surface area contributed by atoms with Crippen molar-refractivity contribution in [1.82, 2.24) is 19.7 Å². The number of thiazole rings is 1. The van der Waals surface area contributed by atoms with Gasteiger partial charge in [-0.2, -0.15) is 0 Å². The lowest BCUT2D eigenvalue weighted by Crippen LogP contribution is -2.21. The van der Waals surface area contributed by atoms with Crippen molar-refractivity contribution in [1.29, 1.82) is 0 Å². The molecule has 3 rings (SSSR count). The minimum Gasteiger partial charge on any atom is -0.310 e. The SMILES string of the molecule is CC(C)NCc1cnc(-c2cn3ccccc3n2)s1. The van der Waals surface area contributed by atoms with E-state index in [1.165, 1.54) is 4.88 Å². The van der Waals surface area contributed by atoms with E-state index in [1.807, 2.05) is 41.2 Å². The van der Waals surface area contributed by atoms with Gasteiger partial charge in [0.05, 0.1) is 0 Å². The van der Waals surface area contributed by atoms with Crippen molar-refractivity contribution in [2.24, 2.45) is 0 Å². The molecule has 0 aliphatic rings. The van der Waals surface area contributed by atoms with Crippen molar-refractivity contribution >= 4 is 17.0 Å². The summed E-state index contributed by atoms with van der Waals surface area (Å²) in [5, 5.41) is 4.37. The molecule has 3 aromatic heterocycles. The van der Waals surface area contributed by atoms with E-state index in [4.69, 9.17) is 0 Å². The van der Waals surface area contributed by atoms with Crippen LogP contribution in [0.5, 0.6) is 0 Å².